The van der Waals surface area contributed by atoms with Crippen LogP contribution in [0.4, 0.5) is 0 Å². The van der Waals surface area contributed by atoms with E-state index in [0.717, 1.165) is 23.6 Å². The molecule has 0 radical (unpaired) electrons. The molecule has 0 spiro atoms. The average Bonchev–Trinajstić information content (AvgIpc) is 2.17. The van der Waals surface area contributed by atoms with Crippen LogP contribution in [0, 0.1) is 0 Å². The topological polar surface area (TPSA) is 46.5 Å². The molecule has 5 heteroatoms. The van der Waals surface area contributed by atoms with Crippen molar-refractivity contribution in [3.05, 3.63) is 12.7 Å². The monoisotopic (exact) mass is 250 g/mol. The van der Waals surface area contributed by atoms with E-state index in [1.165, 1.54) is 6.08 Å². The molecule has 0 aromatic carbocycles. The quantitative estimate of drug-likeness (QED) is 0.248. The first-order valence-corrected chi connectivity index (χ1v) is 6.09. The SMILES string of the molecule is C=CC(=O)OCCCP.C[N+](C)(C)CCO. The standard InChI is InChI=1S/C6H11O2P.C5H14NO/c1-2-6(7)8-4-3-5-9;1-6(2,3)4-5-7/h2H,1,3-5,9H2;7H,4-5H2,1-3H3/q;+1. The number of quaternary nitrogens is 1. The molecule has 1 unspecified atom stereocenters. The van der Waals surface area contributed by atoms with Gasteiger partial charge in [-0.15, -0.1) is 9.24 Å². The highest BCUT2D eigenvalue weighted by Crippen LogP contribution is 1.89. The summed E-state index contributed by atoms with van der Waals surface area (Å²) >= 11 is 0. The molecular weight excluding hydrogens is 225 g/mol. The molecule has 0 rings (SSSR count). The second kappa shape index (κ2) is 11.1. The summed E-state index contributed by atoms with van der Waals surface area (Å²) in [5, 5.41) is 8.39. The van der Waals surface area contributed by atoms with Crippen molar-refractivity contribution < 1.29 is 19.1 Å². The van der Waals surface area contributed by atoms with E-state index < -0.39 is 0 Å². The molecule has 96 valence electrons. The highest BCUT2D eigenvalue weighted by atomic mass is 31.0. The van der Waals surface area contributed by atoms with Gasteiger partial charge in [0.15, 0.2) is 0 Å². The fourth-order valence-corrected chi connectivity index (χ4v) is 0.782. The third-order valence-corrected chi connectivity index (χ3v) is 1.94. The zero-order valence-corrected chi connectivity index (χ0v) is 11.8. The van der Waals surface area contributed by atoms with Crippen molar-refractivity contribution >= 4 is 15.2 Å². The molecule has 0 heterocycles. The van der Waals surface area contributed by atoms with E-state index in [2.05, 4.69) is 41.7 Å². The molecule has 16 heavy (non-hydrogen) atoms. The molecule has 1 atom stereocenters. The van der Waals surface area contributed by atoms with Gasteiger partial charge in [0, 0.05) is 6.08 Å². The Bertz CT molecular complexity index is 190. The Labute approximate surface area is 101 Å². The zero-order chi connectivity index (χ0) is 13.0. The Balaban J connectivity index is 0. The highest BCUT2D eigenvalue weighted by molar-refractivity contribution is 7.16. The van der Waals surface area contributed by atoms with Crippen molar-refractivity contribution in [1.29, 1.82) is 0 Å². The number of rotatable bonds is 6. The smallest absolute Gasteiger partial charge is 0.330 e. The number of likely N-dealkylation sites (N-methyl/N-ethyl adjacent to an activating group) is 1. The lowest BCUT2D eigenvalue weighted by Gasteiger charge is -2.21. The van der Waals surface area contributed by atoms with Crippen molar-refractivity contribution in [2.24, 2.45) is 0 Å². The lowest BCUT2D eigenvalue weighted by atomic mass is 10.5. The van der Waals surface area contributed by atoms with Crippen molar-refractivity contribution in [2.45, 2.75) is 6.42 Å². The van der Waals surface area contributed by atoms with Crippen molar-refractivity contribution in [3.63, 3.8) is 0 Å². The maximum Gasteiger partial charge on any atom is 0.330 e. The molecule has 1 N–H and O–H groups in total. The van der Waals surface area contributed by atoms with Crippen LogP contribution in [0.25, 0.3) is 0 Å². The van der Waals surface area contributed by atoms with E-state index in [1.807, 2.05) is 0 Å². The van der Waals surface area contributed by atoms with Gasteiger partial charge in [-0.3, -0.25) is 0 Å². The second-order valence-corrected chi connectivity index (χ2v) is 4.83. The van der Waals surface area contributed by atoms with Crippen LogP contribution < -0.4 is 0 Å². The molecule has 0 aliphatic heterocycles. The van der Waals surface area contributed by atoms with E-state index in [4.69, 9.17) is 5.11 Å². The van der Waals surface area contributed by atoms with Gasteiger partial charge in [-0.05, 0) is 12.6 Å². The van der Waals surface area contributed by atoms with Crippen molar-refractivity contribution in [3.8, 4) is 0 Å². The van der Waals surface area contributed by atoms with E-state index in [1.54, 1.807) is 0 Å². The van der Waals surface area contributed by atoms with Gasteiger partial charge in [-0.25, -0.2) is 4.79 Å². The minimum Gasteiger partial charge on any atom is -0.463 e. The molecule has 0 aliphatic carbocycles. The number of hydrogen-bond acceptors (Lipinski definition) is 3. The number of hydrogen-bond donors (Lipinski definition) is 1. The van der Waals surface area contributed by atoms with E-state index in [0.29, 0.717) is 6.61 Å². The highest BCUT2D eigenvalue weighted by Gasteiger charge is 2.02. The van der Waals surface area contributed by atoms with Crippen LogP contribution in [0.15, 0.2) is 12.7 Å². The fourth-order valence-electron chi connectivity index (χ4n) is 0.615. The summed E-state index contributed by atoms with van der Waals surface area (Å²) in [6.07, 6.45) is 3.03. The van der Waals surface area contributed by atoms with Crippen LogP contribution in [-0.4, -0.2) is 62.6 Å². The van der Waals surface area contributed by atoms with Gasteiger partial charge in [0.25, 0.3) is 0 Å². The Kier molecular flexibility index (Phi) is 12.4. The lowest BCUT2D eigenvalue weighted by molar-refractivity contribution is -0.870. The molecule has 0 saturated heterocycles. The summed E-state index contributed by atoms with van der Waals surface area (Å²) in [6, 6.07) is 0. The van der Waals surface area contributed by atoms with Gasteiger partial charge in [-0.1, -0.05) is 6.58 Å². The van der Waals surface area contributed by atoms with Crippen LogP contribution in [-0.2, 0) is 9.53 Å². The molecule has 0 saturated carbocycles. The second-order valence-electron chi connectivity index (χ2n) is 4.25. The van der Waals surface area contributed by atoms with Gasteiger partial charge in [0.05, 0.1) is 34.4 Å². The molecule has 0 aromatic rings. The lowest BCUT2D eigenvalue weighted by Crippen LogP contribution is -2.36. The minimum atomic E-state index is -0.339. The summed E-state index contributed by atoms with van der Waals surface area (Å²) in [6.45, 7) is 4.87. The third-order valence-electron chi connectivity index (χ3n) is 1.53. The summed E-state index contributed by atoms with van der Waals surface area (Å²) in [5.41, 5.74) is 0. The van der Waals surface area contributed by atoms with Gasteiger partial charge < -0.3 is 14.3 Å². The molecular formula is C11H25NO3P+. The molecule has 0 fully saturated rings. The molecule has 0 aliphatic rings. The summed E-state index contributed by atoms with van der Waals surface area (Å²) in [7, 11) is 8.71. The van der Waals surface area contributed by atoms with Crippen LogP contribution in [0.2, 0.25) is 0 Å². The number of aliphatic hydroxyl groups is 1. The first-order valence-electron chi connectivity index (χ1n) is 5.28. The maximum atomic E-state index is 10.3. The normalized spacial score (nSPS) is 10.1. The fraction of sp³-hybridized carbons (Fsp3) is 0.727. The third kappa shape index (κ3) is 19.2. The van der Waals surface area contributed by atoms with E-state index >= 15 is 0 Å². The Hall–Kier alpha value is -0.440. The number of esters is 1. The first kappa shape index (κ1) is 17.9. The average molecular weight is 250 g/mol. The Morgan fingerprint density at radius 3 is 2.31 bits per heavy atom. The maximum absolute atomic E-state index is 10.3. The molecule has 0 bridgehead atoms. The molecule has 4 nitrogen and oxygen atoms in total. The summed E-state index contributed by atoms with van der Waals surface area (Å²) in [4.78, 5) is 10.3. The largest absolute Gasteiger partial charge is 0.463 e. The first-order chi connectivity index (χ1) is 7.37. The molecule has 0 aromatic heterocycles. The van der Waals surface area contributed by atoms with Crippen LogP contribution in [0.1, 0.15) is 6.42 Å². The number of ether oxygens (including phenoxy) is 1. The van der Waals surface area contributed by atoms with Crippen LogP contribution in [0.5, 0.6) is 0 Å². The number of nitrogens with zero attached hydrogens (tertiary/aromatic N) is 1. The molecule has 0 amide bonds. The predicted octanol–water partition coefficient (Wildman–Crippen LogP) is 0.666. The Morgan fingerprint density at radius 2 is 2.06 bits per heavy atom. The van der Waals surface area contributed by atoms with Gasteiger partial charge >= 0.3 is 5.97 Å². The summed E-state index contributed by atoms with van der Waals surface area (Å²) < 4.78 is 5.50. The zero-order valence-electron chi connectivity index (χ0n) is 10.6. The van der Waals surface area contributed by atoms with Crippen molar-refractivity contribution in [2.75, 3.05) is 47.1 Å². The van der Waals surface area contributed by atoms with Crippen molar-refractivity contribution in [1.82, 2.24) is 0 Å². The minimum absolute atomic E-state index is 0.281. The van der Waals surface area contributed by atoms with Crippen LogP contribution >= 0.6 is 9.24 Å². The number of aliphatic hydroxyl groups excluding tert-OH is 1. The van der Waals surface area contributed by atoms with Gasteiger partial charge in [0.2, 0.25) is 0 Å². The predicted molar refractivity (Wildman–Crippen MR) is 70.3 cm³/mol. The van der Waals surface area contributed by atoms with Crippen LogP contribution in [0.3, 0.4) is 0 Å². The number of carbonyl (C=O) groups excluding carboxylic acids is 1. The Morgan fingerprint density at radius 1 is 1.50 bits per heavy atom. The van der Waals surface area contributed by atoms with E-state index in [-0.39, 0.29) is 12.6 Å². The van der Waals surface area contributed by atoms with Gasteiger partial charge in [0.1, 0.15) is 6.54 Å². The summed E-state index contributed by atoms with van der Waals surface area (Å²) in [5.74, 6) is -0.339. The van der Waals surface area contributed by atoms with E-state index in [9.17, 15) is 4.79 Å². The van der Waals surface area contributed by atoms with Gasteiger partial charge in [-0.2, -0.15) is 0 Å². The number of carbonyl (C=O) groups is 1.